The molecule has 0 fully saturated rings. The summed E-state index contributed by atoms with van der Waals surface area (Å²) in [6.45, 7) is 2.52. The third kappa shape index (κ3) is 7.02. The molecule has 3 N–H and O–H groups in total. The summed E-state index contributed by atoms with van der Waals surface area (Å²) in [7, 11) is -3.29. The fraction of sp³-hybridized carbons (Fsp3) is 0.139. The molecule has 3 heterocycles. The number of nitrogens with zero attached hydrogens (tertiary/aromatic N) is 5. The molecule has 2 aromatic heterocycles. The van der Waals surface area contributed by atoms with Crippen LogP contribution in [0.15, 0.2) is 91.3 Å². The predicted octanol–water partition coefficient (Wildman–Crippen LogP) is 4.99. The SMILES string of the molecule is COc1cc(C(=O)ONS(=O)(=O)C(=O)c2ccccc2C)ccc1Cn1ncc2ccc(N(c3ccc4c(c3)OCCO4)c3nc(N)ncc3F)cc21. The van der Waals surface area contributed by atoms with Gasteiger partial charge in [-0.3, -0.25) is 14.4 Å². The smallest absolute Gasteiger partial charge is 0.357 e. The van der Waals surface area contributed by atoms with E-state index in [1.54, 1.807) is 76.1 Å². The van der Waals surface area contributed by atoms with Crippen LogP contribution in [0, 0.1) is 12.7 Å². The van der Waals surface area contributed by atoms with Crippen molar-refractivity contribution in [3.63, 3.8) is 0 Å². The quantitative estimate of drug-likeness (QED) is 0.179. The molecule has 0 saturated heterocycles. The summed E-state index contributed by atoms with van der Waals surface area (Å²) < 4.78 is 59.2. The molecule has 4 aromatic carbocycles. The van der Waals surface area contributed by atoms with Gasteiger partial charge in [0.25, 0.3) is 5.12 Å². The molecule has 0 atom stereocenters. The maximum absolute atomic E-state index is 15.4. The number of carbonyl (C=O) groups is 2. The molecule has 0 radical (unpaired) electrons. The van der Waals surface area contributed by atoms with E-state index >= 15 is 4.39 Å². The number of anilines is 4. The zero-order valence-electron chi connectivity index (χ0n) is 28.1. The number of carbonyl (C=O) groups excluding carboxylic acids is 2. The second-order valence-corrected chi connectivity index (χ2v) is 13.3. The van der Waals surface area contributed by atoms with Crippen molar-refractivity contribution in [1.82, 2.24) is 24.6 Å². The van der Waals surface area contributed by atoms with Crippen LogP contribution in [0.1, 0.15) is 31.8 Å². The van der Waals surface area contributed by atoms with E-state index in [-0.39, 0.29) is 35.2 Å². The maximum Gasteiger partial charge on any atom is 0.357 e. The van der Waals surface area contributed by atoms with E-state index in [1.807, 2.05) is 6.07 Å². The molecule has 1 aliphatic rings. The Morgan fingerprint density at radius 3 is 2.53 bits per heavy atom. The Morgan fingerprint density at radius 2 is 1.74 bits per heavy atom. The molecular formula is C36H30FN7O8S. The van der Waals surface area contributed by atoms with Crippen molar-refractivity contribution in [2.75, 3.05) is 31.0 Å². The molecule has 0 unspecified atom stereocenters. The first-order valence-corrected chi connectivity index (χ1v) is 17.4. The van der Waals surface area contributed by atoms with Gasteiger partial charge in [0.05, 0.1) is 42.8 Å². The number of aryl methyl sites for hydroxylation is 1. The van der Waals surface area contributed by atoms with Crippen LogP contribution in [0.25, 0.3) is 10.9 Å². The van der Waals surface area contributed by atoms with E-state index < -0.39 is 26.9 Å². The largest absolute Gasteiger partial charge is 0.496 e. The van der Waals surface area contributed by atoms with Gasteiger partial charge >= 0.3 is 16.0 Å². The van der Waals surface area contributed by atoms with Gasteiger partial charge < -0.3 is 24.8 Å². The van der Waals surface area contributed by atoms with Gasteiger partial charge in [-0.05, 0) is 65.9 Å². The summed E-state index contributed by atoms with van der Waals surface area (Å²) in [5.74, 6) is -0.680. The first-order chi connectivity index (χ1) is 25.5. The van der Waals surface area contributed by atoms with Crippen LogP contribution < -0.4 is 29.7 Å². The Kier molecular flexibility index (Phi) is 9.34. The van der Waals surface area contributed by atoms with Crippen LogP contribution in [-0.2, 0) is 21.4 Å². The number of aromatic nitrogens is 4. The highest BCUT2D eigenvalue weighted by Crippen LogP contribution is 2.41. The molecule has 270 valence electrons. The van der Waals surface area contributed by atoms with Crippen LogP contribution >= 0.6 is 0 Å². The molecule has 7 rings (SSSR count). The number of hydrogen-bond acceptors (Lipinski definition) is 13. The van der Waals surface area contributed by atoms with Crippen molar-refractivity contribution in [1.29, 1.82) is 0 Å². The summed E-state index contributed by atoms with van der Waals surface area (Å²) in [5.41, 5.74) is 8.52. The number of nitrogen functional groups attached to an aromatic ring is 1. The predicted molar refractivity (Wildman–Crippen MR) is 190 cm³/mol. The Balaban J connectivity index is 1.16. The van der Waals surface area contributed by atoms with Gasteiger partial charge in [0.1, 0.15) is 19.0 Å². The van der Waals surface area contributed by atoms with Crippen molar-refractivity contribution in [2.24, 2.45) is 0 Å². The van der Waals surface area contributed by atoms with Gasteiger partial charge in [-0.1, -0.05) is 24.3 Å². The topological polar surface area (TPSA) is 190 Å². The van der Waals surface area contributed by atoms with Crippen LogP contribution in [0.2, 0.25) is 0 Å². The number of fused-ring (bicyclic) bond motifs is 2. The zero-order chi connectivity index (χ0) is 37.3. The van der Waals surface area contributed by atoms with E-state index in [4.69, 9.17) is 24.8 Å². The normalized spacial score (nSPS) is 12.4. The van der Waals surface area contributed by atoms with Gasteiger partial charge in [-0.25, -0.2) is 22.6 Å². The Bertz CT molecular complexity index is 2510. The molecule has 15 nitrogen and oxygen atoms in total. The average molecular weight is 740 g/mol. The van der Waals surface area contributed by atoms with Gasteiger partial charge in [0.15, 0.2) is 23.1 Å². The number of ether oxygens (including phenoxy) is 3. The highest BCUT2D eigenvalue weighted by molar-refractivity contribution is 8.04. The molecule has 6 aromatic rings. The molecule has 53 heavy (non-hydrogen) atoms. The van der Waals surface area contributed by atoms with Crippen molar-refractivity contribution < 1.29 is 41.4 Å². The number of benzene rings is 4. The Labute approximate surface area is 301 Å². The lowest BCUT2D eigenvalue weighted by molar-refractivity contribution is 0.0407. The van der Waals surface area contributed by atoms with Crippen LogP contribution in [-0.4, -0.2) is 59.6 Å². The van der Waals surface area contributed by atoms with Crippen molar-refractivity contribution in [3.05, 3.63) is 119 Å². The fourth-order valence-corrected chi connectivity index (χ4v) is 6.50. The van der Waals surface area contributed by atoms with E-state index in [0.29, 0.717) is 52.7 Å². The van der Waals surface area contributed by atoms with Crippen molar-refractivity contribution in [2.45, 2.75) is 13.5 Å². The lowest BCUT2D eigenvalue weighted by atomic mass is 10.1. The minimum absolute atomic E-state index is 0.0505. The molecular weight excluding hydrogens is 710 g/mol. The minimum atomic E-state index is -4.70. The molecule has 17 heteroatoms. The number of methoxy groups -OCH3 is 1. The van der Waals surface area contributed by atoms with Gasteiger partial charge in [-0.2, -0.15) is 10.1 Å². The number of hydrogen-bond donors (Lipinski definition) is 2. The standard InChI is InChI=1S/C36H30FN7O8S/c1-21-5-3-4-6-27(21)35(46)53(47,48)42-52-34(45)22-7-8-24(31(15-22)49-2)20-43-29-16-25(10-9-23(29)18-40-43)44(33-28(37)19-39-36(38)41-33)26-11-12-30-32(17-26)51-14-13-50-30/h3-12,15-19,42H,13-14,20H2,1-2H3,(H2,38,39,41). The monoisotopic (exact) mass is 739 g/mol. The Hall–Kier alpha value is -6.59. The number of sulfonamides is 1. The van der Waals surface area contributed by atoms with Crippen LogP contribution in [0.3, 0.4) is 0 Å². The van der Waals surface area contributed by atoms with E-state index in [0.717, 1.165) is 11.6 Å². The molecule has 0 aliphatic carbocycles. The van der Waals surface area contributed by atoms with Gasteiger partial charge in [0.2, 0.25) is 5.95 Å². The number of rotatable bonds is 10. The fourth-order valence-electron chi connectivity index (χ4n) is 5.72. The molecule has 0 spiro atoms. The second kappa shape index (κ2) is 14.2. The Morgan fingerprint density at radius 1 is 0.981 bits per heavy atom. The number of nitrogens with two attached hydrogens (primary N) is 1. The summed E-state index contributed by atoms with van der Waals surface area (Å²) in [4.78, 5) is 41.4. The third-order valence-electron chi connectivity index (χ3n) is 8.32. The average Bonchev–Trinajstić information content (AvgIpc) is 3.57. The van der Waals surface area contributed by atoms with Crippen molar-refractivity contribution >= 4 is 55.2 Å². The molecule has 1 aliphatic heterocycles. The summed E-state index contributed by atoms with van der Waals surface area (Å²) in [6, 6.07) is 21.1. The molecule has 0 bridgehead atoms. The van der Waals surface area contributed by atoms with E-state index in [9.17, 15) is 18.0 Å². The van der Waals surface area contributed by atoms with Gasteiger partial charge in [0, 0.05) is 28.3 Å². The van der Waals surface area contributed by atoms with Crippen molar-refractivity contribution in [3.8, 4) is 17.2 Å². The summed E-state index contributed by atoms with van der Waals surface area (Å²) in [6.07, 6.45) is 2.66. The highest BCUT2D eigenvalue weighted by atomic mass is 32.2. The molecule has 0 saturated carbocycles. The zero-order valence-corrected chi connectivity index (χ0v) is 29.0. The van der Waals surface area contributed by atoms with Crippen LogP contribution in [0.4, 0.5) is 27.5 Å². The van der Waals surface area contributed by atoms with Gasteiger partial charge in [-0.15, -0.1) is 0 Å². The summed E-state index contributed by atoms with van der Waals surface area (Å²) >= 11 is 0. The maximum atomic E-state index is 15.4. The lowest BCUT2D eigenvalue weighted by Gasteiger charge is -2.26. The second-order valence-electron chi connectivity index (χ2n) is 11.7. The lowest BCUT2D eigenvalue weighted by Crippen LogP contribution is -2.33. The van der Waals surface area contributed by atoms with E-state index in [1.165, 1.54) is 31.4 Å². The molecule has 0 amide bonds. The van der Waals surface area contributed by atoms with E-state index in [2.05, 4.69) is 15.1 Å². The first kappa shape index (κ1) is 34.8. The minimum Gasteiger partial charge on any atom is -0.496 e. The van der Waals surface area contributed by atoms with Crippen LogP contribution in [0.5, 0.6) is 17.2 Å². The number of nitrogens with one attached hydrogen (secondary N) is 1. The third-order valence-corrected chi connectivity index (χ3v) is 9.33. The highest BCUT2D eigenvalue weighted by Gasteiger charge is 2.28. The number of halogens is 1. The first-order valence-electron chi connectivity index (χ1n) is 16.0. The summed E-state index contributed by atoms with van der Waals surface area (Å²) in [5, 5.41) is 4.07.